The van der Waals surface area contributed by atoms with Crippen molar-refractivity contribution in [1.82, 2.24) is 10.3 Å². The van der Waals surface area contributed by atoms with Gasteiger partial charge in [-0.1, -0.05) is 30.7 Å². The van der Waals surface area contributed by atoms with Crippen molar-refractivity contribution in [3.05, 3.63) is 53.2 Å². The Morgan fingerprint density at radius 1 is 1.24 bits per heavy atom. The Morgan fingerprint density at radius 2 is 2.00 bits per heavy atom. The minimum atomic E-state index is 0.281. The molecule has 0 fully saturated rings. The molecule has 1 atom stereocenters. The predicted octanol–water partition coefficient (Wildman–Crippen LogP) is 4.19. The van der Waals surface area contributed by atoms with Crippen molar-refractivity contribution in [2.24, 2.45) is 0 Å². The summed E-state index contributed by atoms with van der Waals surface area (Å²) in [6, 6.07) is 12.3. The van der Waals surface area contributed by atoms with E-state index >= 15 is 0 Å². The molecule has 112 valence electrons. The lowest BCUT2D eigenvalue weighted by atomic mass is 10.1. The molecule has 1 N–H and O–H groups in total. The molecule has 0 saturated heterocycles. The zero-order valence-corrected chi connectivity index (χ0v) is 13.7. The van der Waals surface area contributed by atoms with Gasteiger partial charge in [-0.25, -0.2) is 4.98 Å². The first kappa shape index (κ1) is 16.1. The van der Waals surface area contributed by atoms with Crippen molar-refractivity contribution in [3.63, 3.8) is 0 Å². The minimum Gasteiger partial charge on any atom is -0.497 e. The summed E-state index contributed by atoms with van der Waals surface area (Å²) in [4.78, 5) is 4.31. The Balaban J connectivity index is 2.02. The first-order chi connectivity index (χ1) is 10.2. The van der Waals surface area contributed by atoms with Crippen LogP contribution in [0.3, 0.4) is 0 Å². The van der Waals surface area contributed by atoms with Gasteiger partial charge in [0.1, 0.15) is 5.75 Å². The van der Waals surface area contributed by atoms with Crippen LogP contribution in [-0.2, 0) is 0 Å². The van der Waals surface area contributed by atoms with Crippen LogP contribution in [0.5, 0.6) is 5.75 Å². The third-order valence-corrected chi connectivity index (χ3v) is 4.33. The highest BCUT2D eigenvalue weighted by molar-refractivity contribution is 7.99. The van der Waals surface area contributed by atoms with E-state index in [-0.39, 0.29) is 6.04 Å². The van der Waals surface area contributed by atoms with Crippen LogP contribution in [0, 0.1) is 0 Å². The highest BCUT2D eigenvalue weighted by Crippen LogP contribution is 2.25. The van der Waals surface area contributed by atoms with Crippen molar-refractivity contribution < 1.29 is 4.74 Å². The summed E-state index contributed by atoms with van der Waals surface area (Å²) >= 11 is 7.57. The van der Waals surface area contributed by atoms with Crippen LogP contribution in [0.2, 0.25) is 5.02 Å². The van der Waals surface area contributed by atoms with Gasteiger partial charge >= 0.3 is 0 Å². The van der Waals surface area contributed by atoms with Crippen LogP contribution in [0.1, 0.15) is 18.5 Å². The number of benzene rings is 1. The maximum Gasteiger partial charge on any atom is 0.118 e. The number of rotatable bonds is 7. The van der Waals surface area contributed by atoms with Gasteiger partial charge in [-0.2, -0.15) is 0 Å². The molecule has 1 aromatic carbocycles. The monoisotopic (exact) mass is 322 g/mol. The van der Waals surface area contributed by atoms with Gasteiger partial charge in [-0.05, 0) is 36.4 Å². The summed E-state index contributed by atoms with van der Waals surface area (Å²) in [6.45, 7) is 3.03. The lowest BCUT2D eigenvalue weighted by Gasteiger charge is -2.18. The van der Waals surface area contributed by atoms with Crippen LogP contribution in [0.15, 0.2) is 47.6 Å². The second-order valence-electron chi connectivity index (χ2n) is 4.51. The van der Waals surface area contributed by atoms with Crippen LogP contribution in [0.4, 0.5) is 0 Å². The quantitative estimate of drug-likeness (QED) is 0.775. The summed E-state index contributed by atoms with van der Waals surface area (Å²) in [5.41, 5.74) is 1.25. The van der Waals surface area contributed by atoms with Gasteiger partial charge in [-0.15, -0.1) is 11.8 Å². The number of pyridine rings is 1. The van der Waals surface area contributed by atoms with Crippen molar-refractivity contribution >= 4 is 23.4 Å². The molecule has 2 aromatic rings. The number of ether oxygens (including phenoxy) is 1. The van der Waals surface area contributed by atoms with E-state index in [1.54, 1.807) is 25.1 Å². The molecule has 0 radical (unpaired) electrons. The zero-order chi connectivity index (χ0) is 15.1. The smallest absolute Gasteiger partial charge is 0.118 e. The maximum atomic E-state index is 5.85. The van der Waals surface area contributed by atoms with Gasteiger partial charge < -0.3 is 10.1 Å². The number of nitrogens with one attached hydrogen (secondary N) is 1. The topological polar surface area (TPSA) is 34.2 Å². The Hall–Kier alpha value is -1.23. The fourth-order valence-corrected chi connectivity index (χ4v) is 3.02. The summed E-state index contributed by atoms with van der Waals surface area (Å²) in [6.07, 6.45) is 1.68. The average molecular weight is 323 g/mol. The van der Waals surface area contributed by atoms with Gasteiger partial charge in [0.25, 0.3) is 0 Å². The molecular formula is C16H19ClN2OS. The summed E-state index contributed by atoms with van der Waals surface area (Å²) in [7, 11) is 1.68. The van der Waals surface area contributed by atoms with E-state index in [4.69, 9.17) is 16.3 Å². The molecule has 0 amide bonds. The Morgan fingerprint density at radius 3 is 2.57 bits per heavy atom. The van der Waals surface area contributed by atoms with Crippen molar-refractivity contribution in [2.45, 2.75) is 18.0 Å². The molecule has 0 spiro atoms. The molecular weight excluding hydrogens is 304 g/mol. The van der Waals surface area contributed by atoms with Gasteiger partial charge in [0.05, 0.1) is 17.2 Å². The van der Waals surface area contributed by atoms with Crippen molar-refractivity contribution in [2.75, 3.05) is 19.4 Å². The predicted molar refractivity (Wildman–Crippen MR) is 89.4 cm³/mol. The van der Waals surface area contributed by atoms with Crippen LogP contribution in [-0.4, -0.2) is 24.4 Å². The normalized spacial score (nSPS) is 12.1. The highest BCUT2D eigenvalue weighted by Gasteiger charge is 2.11. The molecule has 1 aromatic heterocycles. The maximum absolute atomic E-state index is 5.85. The van der Waals surface area contributed by atoms with Crippen molar-refractivity contribution in [3.8, 4) is 5.75 Å². The lowest BCUT2D eigenvalue weighted by Crippen LogP contribution is -2.22. The molecule has 0 saturated carbocycles. The Labute approximate surface area is 135 Å². The van der Waals surface area contributed by atoms with E-state index in [2.05, 4.69) is 29.4 Å². The van der Waals surface area contributed by atoms with Crippen LogP contribution < -0.4 is 10.1 Å². The molecule has 2 rings (SSSR count). The molecule has 5 heteroatoms. The second kappa shape index (κ2) is 8.27. The number of methoxy groups -OCH3 is 1. The highest BCUT2D eigenvalue weighted by atomic mass is 35.5. The number of nitrogens with zero attached hydrogens (tertiary/aromatic N) is 1. The first-order valence-electron chi connectivity index (χ1n) is 6.84. The summed E-state index contributed by atoms with van der Waals surface area (Å²) < 4.78 is 5.20. The molecule has 0 bridgehead atoms. The largest absolute Gasteiger partial charge is 0.497 e. The molecule has 0 aliphatic rings. The first-order valence-corrected chi connectivity index (χ1v) is 8.21. The number of aromatic nitrogens is 1. The van der Waals surface area contributed by atoms with E-state index in [0.29, 0.717) is 5.02 Å². The zero-order valence-electron chi connectivity index (χ0n) is 12.2. The molecule has 3 nitrogen and oxygen atoms in total. The minimum absolute atomic E-state index is 0.281. The molecule has 0 aliphatic heterocycles. The van der Waals surface area contributed by atoms with E-state index < -0.39 is 0 Å². The standard InChI is InChI=1S/C16H19ClN2OS/c1-3-18-15(12-4-7-14(20-2)8-5-12)11-21-16-9-6-13(17)10-19-16/h4-10,15,18H,3,11H2,1-2H3. The fourth-order valence-electron chi connectivity index (χ4n) is 1.97. The van der Waals surface area contributed by atoms with E-state index in [1.807, 2.05) is 24.3 Å². The van der Waals surface area contributed by atoms with Gasteiger partial charge in [0.15, 0.2) is 0 Å². The van der Waals surface area contributed by atoms with Gasteiger partial charge in [0.2, 0.25) is 0 Å². The molecule has 1 unspecified atom stereocenters. The molecule has 0 aliphatic carbocycles. The van der Waals surface area contributed by atoms with Gasteiger partial charge in [-0.3, -0.25) is 0 Å². The molecule has 1 heterocycles. The fraction of sp³-hybridized carbons (Fsp3) is 0.312. The third-order valence-electron chi connectivity index (χ3n) is 3.07. The number of hydrogen-bond donors (Lipinski definition) is 1. The second-order valence-corrected chi connectivity index (χ2v) is 5.99. The number of halogens is 1. The SMILES string of the molecule is CCNC(CSc1ccc(Cl)cn1)c1ccc(OC)cc1. The van der Waals surface area contributed by atoms with E-state index in [0.717, 1.165) is 23.1 Å². The van der Waals surface area contributed by atoms with E-state index in [9.17, 15) is 0 Å². The van der Waals surface area contributed by atoms with Crippen LogP contribution in [0.25, 0.3) is 0 Å². The Kier molecular flexibility index (Phi) is 6.36. The number of thioether (sulfide) groups is 1. The van der Waals surface area contributed by atoms with Gasteiger partial charge in [0, 0.05) is 18.0 Å². The summed E-state index contributed by atoms with van der Waals surface area (Å²) in [5.74, 6) is 1.79. The average Bonchev–Trinajstić information content (AvgIpc) is 2.53. The van der Waals surface area contributed by atoms with Crippen molar-refractivity contribution in [1.29, 1.82) is 0 Å². The third kappa shape index (κ3) is 4.92. The molecule has 21 heavy (non-hydrogen) atoms. The summed E-state index contributed by atoms with van der Waals surface area (Å²) in [5, 5.41) is 5.15. The number of hydrogen-bond acceptors (Lipinski definition) is 4. The van der Waals surface area contributed by atoms with E-state index in [1.165, 1.54) is 5.56 Å². The lowest BCUT2D eigenvalue weighted by molar-refractivity contribution is 0.414. The van der Waals surface area contributed by atoms with Crippen LogP contribution >= 0.6 is 23.4 Å². The Bertz CT molecular complexity index is 545.